The van der Waals surface area contributed by atoms with Crippen LogP contribution in [-0.4, -0.2) is 16.9 Å². The number of fused-ring (bicyclic) bond motifs is 3. The van der Waals surface area contributed by atoms with Crippen LogP contribution in [0.3, 0.4) is 0 Å². The van der Waals surface area contributed by atoms with Crippen LogP contribution in [0.25, 0.3) is 0 Å². The maximum atomic E-state index is 11.5. The summed E-state index contributed by atoms with van der Waals surface area (Å²) < 4.78 is 0. The lowest BCUT2D eigenvalue weighted by Gasteiger charge is -2.43. The highest BCUT2D eigenvalue weighted by Crippen LogP contribution is 2.50. The SMILES string of the molecule is C=C1CC2(C(=O)O)CCC1CC2=O. The van der Waals surface area contributed by atoms with Gasteiger partial charge >= 0.3 is 5.97 Å². The van der Waals surface area contributed by atoms with Crippen molar-refractivity contribution >= 4 is 11.8 Å². The lowest BCUT2D eigenvalue weighted by atomic mass is 9.58. The Morgan fingerprint density at radius 1 is 1.62 bits per heavy atom. The van der Waals surface area contributed by atoms with Gasteiger partial charge in [0.05, 0.1) is 0 Å². The van der Waals surface area contributed by atoms with Gasteiger partial charge in [-0.15, -0.1) is 0 Å². The maximum Gasteiger partial charge on any atom is 0.317 e. The third-order valence-corrected chi connectivity index (χ3v) is 3.40. The Hall–Kier alpha value is -1.12. The van der Waals surface area contributed by atoms with Crippen LogP contribution < -0.4 is 0 Å². The Bertz CT molecular complexity index is 305. The summed E-state index contributed by atoms with van der Waals surface area (Å²) in [6.45, 7) is 3.84. The van der Waals surface area contributed by atoms with E-state index in [-0.39, 0.29) is 11.7 Å². The van der Waals surface area contributed by atoms with Gasteiger partial charge in [0.2, 0.25) is 0 Å². The van der Waals surface area contributed by atoms with Crippen LogP contribution in [0.1, 0.15) is 25.7 Å². The molecule has 0 saturated heterocycles. The Morgan fingerprint density at radius 3 is 2.69 bits per heavy atom. The lowest BCUT2D eigenvalue weighted by molar-refractivity contribution is -0.160. The van der Waals surface area contributed by atoms with Crippen LogP contribution in [0.5, 0.6) is 0 Å². The third kappa shape index (κ3) is 0.961. The number of aliphatic carboxylic acids is 1. The quantitative estimate of drug-likeness (QED) is 0.490. The normalized spacial score (nSPS) is 38.0. The van der Waals surface area contributed by atoms with Gasteiger partial charge in [0.25, 0.3) is 0 Å². The molecule has 0 aliphatic heterocycles. The number of carboxylic acids is 1. The molecular weight excluding hydrogens is 168 g/mol. The maximum absolute atomic E-state index is 11.5. The summed E-state index contributed by atoms with van der Waals surface area (Å²) in [7, 11) is 0. The number of rotatable bonds is 1. The Balaban J connectivity index is 2.40. The highest BCUT2D eigenvalue weighted by molar-refractivity contribution is 6.05. The summed E-state index contributed by atoms with van der Waals surface area (Å²) >= 11 is 0. The fourth-order valence-electron chi connectivity index (χ4n) is 2.45. The molecule has 3 saturated carbocycles. The minimum Gasteiger partial charge on any atom is -0.480 e. The summed E-state index contributed by atoms with van der Waals surface area (Å²) in [4.78, 5) is 22.6. The summed E-state index contributed by atoms with van der Waals surface area (Å²) in [5.41, 5.74) is -0.153. The molecule has 1 N–H and O–H groups in total. The van der Waals surface area contributed by atoms with Crippen LogP contribution >= 0.6 is 0 Å². The van der Waals surface area contributed by atoms with Crippen molar-refractivity contribution in [3.63, 3.8) is 0 Å². The van der Waals surface area contributed by atoms with Crippen LogP contribution in [0.4, 0.5) is 0 Å². The monoisotopic (exact) mass is 180 g/mol. The number of carbonyl (C=O) groups is 2. The highest BCUT2D eigenvalue weighted by Gasteiger charge is 2.53. The molecule has 0 aromatic rings. The molecule has 0 amide bonds. The van der Waals surface area contributed by atoms with Crippen molar-refractivity contribution in [1.29, 1.82) is 0 Å². The smallest absolute Gasteiger partial charge is 0.317 e. The van der Waals surface area contributed by atoms with Crippen molar-refractivity contribution in [2.24, 2.45) is 11.3 Å². The zero-order valence-electron chi connectivity index (χ0n) is 7.38. The van der Waals surface area contributed by atoms with Gasteiger partial charge in [0.15, 0.2) is 5.78 Å². The van der Waals surface area contributed by atoms with Gasteiger partial charge in [0.1, 0.15) is 5.41 Å². The number of carbonyl (C=O) groups excluding carboxylic acids is 1. The van der Waals surface area contributed by atoms with E-state index in [1.54, 1.807) is 0 Å². The minimum atomic E-state index is -1.11. The van der Waals surface area contributed by atoms with E-state index in [1.807, 2.05) is 0 Å². The molecule has 0 aromatic carbocycles. The summed E-state index contributed by atoms with van der Waals surface area (Å²) in [6.07, 6.45) is 2.08. The first-order valence-electron chi connectivity index (χ1n) is 4.50. The van der Waals surface area contributed by atoms with Crippen molar-refractivity contribution in [2.45, 2.75) is 25.7 Å². The first kappa shape index (κ1) is 8.48. The second-order valence-electron chi connectivity index (χ2n) is 4.09. The van der Waals surface area contributed by atoms with E-state index in [0.29, 0.717) is 19.3 Å². The number of carboxylic acid groups (broad SMARTS) is 1. The zero-order valence-corrected chi connectivity index (χ0v) is 7.38. The number of hydrogen-bond donors (Lipinski definition) is 1. The second kappa shape index (κ2) is 2.44. The van der Waals surface area contributed by atoms with Crippen molar-refractivity contribution in [3.8, 4) is 0 Å². The first-order valence-corrected chi connectivity index (χ1v) is 4.50. The van der Waals surface area contributed by atoms with Crippen LogP contribution in [-0.2, 0) is 9.59 Å². The molecule has 3 aliphatic carbocycles. The molecule has 3 fully saturated rings. The fourth-order valence-corrected chi connectivity index (χ4v) is 2.45. The van der Waals surface area contributed by atoms with Crippen molar-refractivity contribution in [3.05, 3.63) is 12.2 Å². The number of hydrogen-bond acceptors (Lipinski definition) is 2. The van der Waals surface area contributed by atoms with E-state index in [0.717, 1.165) is 12.0 Å². The molecule has 70 valence electrons. The predicted molar refractivity (Wildman–Crippen MR) is 46.2 cm³/mol. The number of allylic oxidation sites excluding steroid dienone is 1. The van der Waals surface area contributed by atoms with Crippen LogP contribution in [0, 0.1) is 11.3 Å². The van der Waals surface area contributed by atoms with E-state index in [4.69, 9.17) is 5.11 Å². The molecule has 2 bridgehead atoms. The van der Waals surface area contributed by atoms with Gasteiger partial charge < -0.3 is 5.11 Å². The largest absolute Gasteiger partial charge is 0.480 e. The van der Waals surface area contributed by atoms with Crippen molar-refractivity contribution < 1.29 is 14.7 Å². The number of Topliss-reactive ketones (excluding diaryl/α,β-unsaturated/α-hetero) is 1. The van der Waals surface area contributed by atoms with E-state index < -0.39 is 11.4 Å². The predicted octanol–water partition coefficient (Wildman–Crippen LogP) is 1.39. The topological polar surface area (TPSA) is 54.4 Å². The average molecular weight is 180 g/mol. The van der Waals surface area contributed by atoms with Crippen LogP contribution in [0.15, 0.2) is 12.2 Å². The van der Waals surface area contributed by atoms with Crippen molar-refractivity contribution in [1.82, 2.24) is 0 Å². The van der Waals surface area contributed by atoms with E-state index in [1.165, 1.54) is 0 Å². The van der Waals surface area contributed by atoms with Gasteiger partial charge in [-0.3, -0.25) is 9.59 Å². The van der Waals surface area contributed by atoms with Gasteiger partial charge in [-0.05, 0) is 25.2 Å². The molecule has 3 aliphatic rings. The van der Waals surface area contributed by atoms with Gasteiger partial charge in [-0.1, -0.05) is 12.2 Å². The Morgan fingerprint density at radius 2 is 2.31 bits per heavy atom. The average Bonchev–Trinajstić information content (AvgIpc) is 2.07. The molecule has 3 rings (SSSR count). The summed E-state index contributed by atoms with van der Waals surface area (Å²) in [5.74, 6) is -0.797. The third-order valence-electron chi connectivity index (χ3n) is 3.40. The number of ketones is 1. The van der Waals surface area contributed by atoms with Crippen molar-refractivity contribution in [2.75, 3.05) is 0 Å². The molecule has 13 heavy (non-hydrogen) atoms. The minimum absolute atomic E-state index is 0.0938. The van der Waals surface area contributed by atoms with E-state index in [9.17, 15) is 9.59 Å². The fraction of sp³-hybridized carbons (Fsp3) is 0.600. The zero-order chi connectivity index (χ0) is 9.64. The molecule has 0 radical (unpaired) electrons. The Kier molecular flexibility index (Phi) is 1.59. The van der Waals surface area contributed by atoms with Gasteiger partial charge in [-0.25, -0.2) is 0 Å². The van der Waals surface area contributed by atoms with E-state index in [2.05, 4.69) is 6.58 Å². The first-order chi connectivity index (χ1) is 6.06. The lowest BCUT2D eigenvalue weighted by Crippen LogP contribution is -2.48. The molecule has 3 nitrogen and oxygen atoms in total. The molecular formula is C10H12O3. The molecule has 3 heteroatoms. The molecule has 0 aromatic heterocycles. The standard InChI is InChI=1S/C10H12O3/c1-6-5-10(9(12)13)3-2-7(6)4-8(10)11/h7H,1-5H2,(H,12,13). The van der Waals surface area contributed by atoms with Crippen LogP contribution in [0.2, 0.25) is 0 Å². The summed E-state index contributed by atoms with van der Waals surface area (Å²) in [6, 6.07) is 0. The molecule has 0 heterocycles. The highest BCUT2D eigenvalue weighted by atomic mass is 16.4. The Labute approximate surface area is 76.4 Å². The van der Waals surface area contributed by atoms with Gasteiger partial charge in [-0.2, -0.15) is 0 Å². The molecule has 0 spiro atoms. The summed E-state index contributed by atoms with van der Waals surface area (Å²) in [5, 5.41) is 9.04. The van der Waals surface area contributed by atoms with E-state index >= 15 is 0 Å². The molecule has 2 unspecified atom stereocenters. The second-order valence-corrected chi connectivity index (χ2v) is 4.09. The van der Waals surface area contributed by atoms with Gasteiger partial charge in [0, 0.05) is 6.42 Å². The molecule has 2 atom stereocenters.